The number of guanidine groups is 1. The van der Waals surface area contributed by atoms with E-state index in [9.17, 15) is 4.79 Å². The Hall–Kier alpha value is -1.71. The van der Waals surface area contributed by atoms with Crippen LogP contribution < -0.4 is 20.1 Å². The van der Waals surface area contributed by atoms with Crippen molar-refractivity contribution in [1.82, 2.24) is 15.5 Å². The van der Waals surface area contributed by atoms with E-state index in [-0.39, 0.29) is 42.5 Å². The van der Waals surface area contributed by atoms with Crippen molar-refractivity contribution in [2.45, 2.75) is 58.1 Å². The van der Waals surface area contributed by atoms with Gasteiger partial charge in [0.05, 0.1) is 26.3 Å². The van der Waals surface area contributed by atoms with Gasteiger partial charge in [0.15, 0.2) is 5.96 Å². The maximum absolute atomic E-state index is 12.3. The Balaban J connectivity index is 0.00000320. The Morgan fingerprint density at radius 1 is 1.17 bits per heavy atom. The number of nitrogens with zero attached hydrogens (tertiary/aromatic N) is 2. The Bertz CT molecular complexity index is 702. The van der Waals surface area contributed by atoms with E-state index in [0.717, 1.165) is 62.4 Å². The van der Waals surface area contributed by atoms with E-state index in [4.69, 9.17) is 9.47 Å². The summed E-state index contributed by atoms with van der Waals surface area (Å²) in [6, 6.07) is 5.88. The van der Waals surface area contributed by atoms with Crippen molar-refractivity contribution in [2.24, 2.45) is 4.99 Å². The van der Waals surface area contributed by atoms with Crippen LogP contribution in [0.5, 0.6) is 11.5 Å². The number of carbonyl (C=O) groups is 1. The van der Waals surface area contributed by atoms with Gasteiger partial charge in [0.2, 0.25) is 5.91 Å². The molecule has 0 aromatic heterocycles. The first kappa shape index (κ1) is 24.6. The normalized spacial score (nSPS) is 16.9. The van der Waals surface area contributed by atoms with Crippen LogP contribution in [0.2, 0.25) is 0 Å². The van der Waals surface area contributed by atoms with Crippen molar-refractivity contribution in [1.29, 1.82) is 0 Å². The fourth-order valence-electron chi connectivity index (χ4n) is 3.83. The first-order chi connectivity index (χ1) is 14.2. The Morgan fingerprint density at radius 3 is 2.57 bits per heavy atom. The van der Waals surface area contributed by atoms with Gasteiger partial charge in [0.25, 0.3) is 0 Å². The van der Waals surface area contributed by atoms with Gasteiger partial charge in [0.1, 0.15) is 11.5 Å². The summed E-state index contributed by atoms with van der Waals surface area (Å²) in [4.78, 5) is 18.9. The van der Waals surface area contributed by atoms with Crippen LogP contribution in [0.1, 0.15) is 51.0 Å². The third-order valence-corrected chi connectivity index (χ3v) is 5.49. The number of methoxy groups -OCH3 is 1. The summed E-state index contributed by atoms with van der Waals surface area (Å²) in [5.41, 5.74) is 1.01. The van der Waals surface area contributed by atoms with Crippen LogP contribution in [0.3, 0.4) is 0 Å². The second kappa shape index (κ2) is 12.9. The molecule has 3 rings (SSSR count). The molecule has 1 aliphatic carbocycles. The summed E-state index contributed by atoms with van der Waals surface area (Å²) in [5.74, 6) is 2.39. The fourth-order valence-corrected chi connectivity index (χ4v) is 3.83. The zero-order valence-corrected chi connectivity index (χ0v) is 20.4. The molecule has 168 valence electrons. The predicted molar refractivity (Wildman–Crippen MR) is 130 cm³/mol. The molecule has 30 heavy (non-hydrogen) atoms. The quantitative estimate of drug-likeness (QED) is 0.307. The number of aliphatic imine (C=N–C) groups is 1. The van der Waals surface area contributed by atoms with Crippen molar-refractivity contribution in [3.8, 4) is 11.5 Å². The highest BCUT2D eigenvalue weighted by Gasteiger charge is 2.19. The molecule has 7 nitrogen and oxygen atoms in total. The minimum absolute atomic E-state index is 0. The highest BCUT2D eigenvalue weighted by atomic mass is 127. The second-order valence-electron chi connectivity index (χ2n) is 7.63. The zero-order chi connectivity index (χ0) is 20.5. The highest BCUT2D eigenvalue weighted by Crippen LogP contribution is 2.30. The molecule has 0 bridgehead atoms. The molecule has 0 radical (unpaired) electrons. The molecule has 1 amide bonds. The molecule has 0 unspecified atom stereocenters. The summed E-state index contributed by atoms with van der Waals surface area (Å²) in [7, 11) is 1.66. The van der Waals surface area contributed by atoms with E-state index < -0.39 is 0 Å². The van der Waals surface area contributed by atoms with Crippen LogP contribution in [-0.4, -0.2) is 56.2 Å². The first-order valence-electron chi connectivity index (χ1n) is 10.8. The summed E-state index contributed by atoms with van der Waals surface area (Å²) < 4.78 is 11.6. The van der Waals surface area contributed by atoms with E-state index >= 15 is 0 Å². The molecule has 2 aliphatic rings. The molecule has 2 N–H and O–H groups in total. The standard InChI is InChI=1S/C22H34N4O3.HI/c1-3-23-22(25-16-21(27)26-12-6-7-13-26)24-15-17-10-11-19(28-2)14-20(17)29-18-8-4-5-9-18;/h10-11,14,18H,3-9,12-13,15-16H2,1-2H3,(H2,23,24,25);1H. The lowest BCUT2D eigenvalue weighted by Gasteiger charge is -2.18. The van der Waals surface area contributed by atoms with Gasteiger partial charge in [-0.1, -0.05) is 0 Å². The number of ether oxygens (including phenoxy) is 2. The van der Waals surface area contributed by atoms with Gasteiger partial charge in [-0.2, -0.15) is 0 Å². The number of hydrogen-bond acceptors (Lipinski definition) is 4. The van der Waals surface area contributed by atoms with Gasteiger partial charge in [-0.25, -0.2) is 4.99 Å². The topological polar surface area (TPSA) is 75.2 Å². The summed E-state index contributed by atoms with van der Waals surface area (Å²) in [6.07, 6.45) is 7.12. The van der Waals surface area contributed by atoms with E-state index in [1.54, 1.807) is 7.11 Å². The minimum atomic E-state index is 0. The molecule has 1 aromatic carbocycles. The molecule has 2 fully saturated rings. The van der Waals surface area contributed by atoms with Gasteiger partial charge >= 0.3 is 0 Å². The van der Waals surface area contributed by atoms with Crippen LogP contribution in [0, 0.1) is 0 Å². The summed E-state index contributed by atoms with van der Waals surface area (Å²) in [6.45, 7) is 5.21. The molecular weight excluding hydrogens is 495 g/mol. The average molecular weight is 530 g/mol. The molecule has 1 saturated heterocycles. The van der Waals surface area contributed by atoms with Gasteiger partial charge < -0.3 is 25.0 Å². The second-order valence-corrected chi connectivity index (χ2v) is 7.63. The molecule has 0 spiro atoms. The zero-order valence-electron chi connectivity index (χ0n) is 18.1. The van der Waals surface area contributed by atoms with Crippen molar-refractivity contribution >= 4 is 35.8 Å². The van der Waals surface area contributed by atoms with Crippen molar-refractivity contribution in [3.05, 3.63) is 23.8 Å². The van der Waals surface area contributed by atoms with Crippen molar-refractivity contribution in [2.75, 3.05) is 33.3 Å². The lowest BCUT2D eigenvalue weighted by atomic mass is 10.2. The minimum Gasteiger partial charge on any atom is -0.497 e. The first-order valence-corrected chi connectivity index (χ1v) is 10.8. The number of rotatable bonds is 8. The van der Waals surface area contributed by atoms with Gasteiger partial charge in [-0.3, -0.25) is 4.79 Å². The number of amides is 1. The molecule has 0 atom stereocenters. The van der Waals surface area contributed by atoms with Crippen molar-refractivity contribution in [3.63, 3.8) is 0 Å². The number of halogens is 1. The smallest absolute Gasteiger partial charge is 0.241 e. The number of nitrogens with one attached hydrogen (secondary N) is 2. The van der Waals surface area contributed by atoms with Crippen LogP contribution in [0.25, 0.3) is 0 Å². The third kappa shape index (κ3) is 7.21. The Morgan fingerprint density at radius 2 is 1.90 bits per heavy atom. The lowest BCUT2D eigenvalue weighted by Crippen LogP contribution is -2.44. The summed E-state index contributed by atoms with van der Waals surface area (Å²) >= 11 is 0. The number of hydrogen-bond donors (Lipinski definition) is 2. The molecule has 1 heterocycles. The molecule has 1 aromatic rings. The van der Waals surface area contributed by atoms with Gasteiger partial charge in [0, 0.05) is 31.3 Å². The van der Waals surface area contributed by atoms with Crippen LogP contribution in [-0.2, 0) is 11.3 Å². The Labute approximate surface area is 197 Å². The van der Waals surface area contributed by atoms with E-state index in [1.807, 2.05) is 30.0 Å². The maximum atomic E-state index is 12.3. The number of benzene rings is 1. The lowest BCUT2D eigenvalue weighted by molar-refractivity contribution is -0.128. The molecule has 1 aliphatic heterocycles. The van der Waals surface area contributed by atoms with E-state index in [1.165, 1.54) is 12.8 Å². The van der Waals surface area contributed by atoms with E-state index in [0.29, 0.717) is 12.5 Å². The SMILES string of the molecule is CCNC(=NCc1ccc(OC)cc1OC1CCCC1)NCC(=O)N1CCCC1.I. The third-order valence-electron chi connectivity index (χ3n) is 5.49. The highest BCUT2D eigenvalue weighted by molar-refractivity contribution is 14.0. The van der Waals surface area contributed by atoms with Crippen LogP contribution in [0.15, 0.2) is 23.2 Å². The fraction of sp³-hybridized carbons (Fsp3) is 0.636. The molecule has 8 heteroatoms. The van der Waals surface area contributed by atoms with Gasteiger partial charge in [-0.15, -0.1) is 24.0 Å². The number of likely N-dealkylation sites (tertiary alicyclic amines) is 1. The summed E-state index contributed by atoms with van der Waals surface area (Å²) in [5, 5.41) is 6.38. The van der Waals surface area contributed by atoms with E-state index in [2.05, 4.69) is 15.6 Å². The van der Waals surface area contributed by atoms with Crippen molar-refractivity contribution < 1.29 is 14.3 Å². The predicted octanol–water partition coefficient (Wildman–Crippen LogP) is 3.31. The largest absolute Gasteiger partial charge is 0.497 e. The number of carbonyl (C=O) groups excluding carboxylic acids is 1. The Kier molecular flexibility index (Phi) is 10.5. The average Bonchev–Trinajstić information content (AvgIpc) is 3.44. The maximum Gasteiger partial charge on any atom is 0.241 e. The van der Waals surface area contributed by atoms with Crippen LogP contribution in [0.4, 0.5) is 0 Å². The molecule has 1 saturated carbocycles. The van der Waals surface area contributed by atoms with Crippen LogP contribution >= 0.6 is 24.0 Å². The monoisotopic (exact) mass is 530 g/mol. The van der Waals surface area contributed by atoms with Gasteiger partial charge in [-0.05, 0) is 57.6 Å². The molecular formula is C22H35IN4O3.